The second-order valence-electron chi connectivity index (χ2n) is 6.34. The number of amides is 1. The SMILES string of the molecule is Cc1cc(NC(=O)CN(C[C@H]2CCCO2)C[C@H]2CCCO2)no1. The van der Waals surface area contributed by atoms with Crippen molar-refractivity contribution in [1.29, 1.82) is 0 Å². The van der Waals surface area contributed by atoms with E-state index in [2.05, 4.69) is 15.4 Å². The van der Waals surface area contributed by atoms with E-state index in [1.54, 1.807) is 13.0 Å². The molecular weight excluding hydrogens is 298 g/mol. The highest BCUT2D eigenvalue weighted by Gasteiger charge is 2.25. The Morgan fingerprint density at radius 2 is 1.91 bits per heavy atom. The standard InChI is InChI=1S/C16H25N3O4/c1-12-8-15(18-23-12)17-16(20)11-19(9-13-4-2-6-21-13)10-14-5-3-7-22-14/h8,13-14H,2-7,9-11H2,1H3,(H,17,18,20)/t13-,14-/m1/s1. The maximum atomic E-state index is 12.3. The van der Waals surface area contributed by atoms with Crippen molar-refractivity contribution in [3.63, 3.8) is 0 Å². The Bertz CT molecular complexity index is 489. The van der Waals surface area contributed by atoms with Gasteiger partial charge in [-0.3, -0.25) is 9.69 Å². The first-order valence-electron chi connectivity index (χ1n) is 8.38. The molecule has 7 nitrogen and oxygen atoms in total. The summed E-state index contributed by atoms with van der Waals surface area (Å²) in [6, 6.07) is 1.71. The van der Waals surface area contributed by atoms with Crippen LogP contribution in [0, 0.1) is 6.92 Å². The third kappa shape index (κ3) is 5.02. The number of aryl methyl sites for hydroxylation is 1. The van der Waals surface area contributed by atoms with Gasteiger partial charge in [0, 0.05) is 32.4 Å². The Morgan fingerprint density at radius 1 is 1.26 bits per heavy atom. The van der Waals surface area contributed by atoms with Gasteiger partial charge in [-0.1, -0.05) is 5.16 Å². The molecule has 0 aliphatic carbocycles. The third-order valence-electron chi connectivity index (χ3n) is 4.23. The number of aromatic nitrogens is 1. The average Bonchev–Trinajstić information content (AvgIpc) is 3.23. The van der Waals surface area contributed by atoms with E-state index in [1.807, 2.05) is 0 Å². The van der Waals surface area contributed by atoms with Gasteiger partial charge in [0.2, 0.25) is 5.91 Å². The molecule has 0 aromatic carbocycles. The fraction of sp³-hybridized carbons (Fsp3) is 0.750. The summed E-state index contributed by atoms with van der Waals surface area (Å²) in [6.07, 6.45) is 4.77. The van der Waals surface area contributed by atoms with Crippen LogP contribution >= 0.6 is 0 Å². The van der Waals surface area contributed by atoms with E-state index in [0.29, 0.717) is 18.1 Å². The predicted molar refractivity (Wildman–Crippen MR) is 84.3 cm³/mol. The molecule has 2 aliphatic rings. The number of nitrogens with one attached hydrogen (secondary N) is 1. The molecule has 2 aliphatic heterocycles. The fourth-order valence-corrected chi connectivity index (χ4v) is 3.17. The summed E-state index contributed by atoms with van der Waals surface area (Å²) in [5.41, 5.74) is 0. The van der Waals surface area contributed by atoms with Crippen LogP contribution in [-0.2, 0) is 14.3 Å². The molecule has 0 spiro atoms. The van der Waals surface area contributed by atoms with Gasteiger partial charge in [-0.05, 0) is 32.6 Å². The van der Waals surface area contributed by atoms with Crippen molar-refractivity contribution in [2.75, 3.05) is 38.2 Å². The smallest absolute Gasteiger partial charge is 0.239 e. The average molecular weight is 323 g/mol. The van der Waals surface area contributed by atoms with Crippen LogP contribution in [0.2, 0.25) is 0 Å². The number of rotatable bonds is 7. The van der Waals surface area contributed by atoms with Crippen LogP contribution < -0.4 is 5.32 Å². The van der Waals surface area contributed by atoms with E-state index in [0.717, 1.165) is 52.0 Å². The summed E-state index contributed by atoms with van der Waals surface area (Å²) in [7, 11) is 0. The first kappa shape index (κ1) is 16.4. The second kappa shape index (κ2) is 7.90. The van der Waals surface area contributed by atoms with Gasteiger partial charge < -0.3 is 19.3 Å². The van der Waals surface area contributed by atoms with Crippen LogP contribution in [0.5, 0.6) is 0 Å². The second-order valence-corrected chi connectivity index (χ2v) is 6.34. The topological polar surface area (TPSA) is 76.8 Å². The number of carbonyl (C=O) groups excluding carboxylic acids is 1. The largest absolute Gasteiger partial charge is 0.377 e. The number of hydrogen-bond donors (Lipinski definition) is 1. The zero-order chi connectivity index (χ0) is 16.1. The Morgan fingerprint density at radius 3 is 2.39 bits per heavy atom. The maximum absolute atomic E-state index is 12.3. The van der Waals surface area contributed by atoms with Gasteiger partial charge in [-0.2, -0.15) is 0 Å². The zero-order valence-corrected chi connectivity index (χ0v) is 13.6. The number of ether oxygens (including phenoxy) is 2. The highest BCUT2D eigenvalue weighted by atomic mass is 16.5. The van der Waals surface area contributed by atoms with E-state index in [9.17, 15) is 4.79 Å². The monoisotopic (exact) mass is 323 g/mol. The molecule has 7 heteroatoms. The highest BCUT2D eigenvalue weighted by Crippen LogP contribution is 2.17. The van der Waals surface area contributed by atoms with Crippen LogP contribution in [0.1, 0.15) is 31.4 Å². The number of anilines is 1. The van der Waals surface area contributed by atoms with E-state index in [1.165, 1.54) is 0 Å². The van der Waals surface area contributed by atoms with Crippen LogP contribution in [0.4, 0.5) is 5.82 Å². The Hall–Kier alpha value is -1.44. The molecule has 23 heavy (non-hydrogen) atoms. The van der Waals surface area contributed by atoms with Gasteiger partial charge in [0.05, 0.1) is 18.8 Å². The first-order valence-corrected chi connectivity index (χ1v) is 8.38. The van der Waals surface area contributed by atoms with Gasteiger partial charge in [0.15, 0.2) is 5.82 Å². The van der Waals surface area contributed by atoms with E-state index < -0.39 is 0 Å². The Kier molecular flexibility index (Phi) is 5.64. The molecule has 2 atom stereocenters. The lowest BCUT2D eigenvalue weighted by Gasteiger charge is -2.26. The summed E-state index contributed by atoms with van der Waals surface area (Å²) in [6.45, 7) is 5.29. The molecule has 3 rings (SSSR count). The van der Waals surface area contributed by atoms with E-state index in [-0.39, 0.29) is 18.1 Å². The normalized spacial score (nSPS) is 24.4. The maximum Gasteiger partial charge on any atom is 0.239 e. The molecule has 1 amide bonds. The quantitative estimate of drug-likeness (QED) is 0.821. The minimum Gasteiger partial charge on any atom is -0.377 e. The number of carbonyl (C=O) groups is 1. The van der Waals surface area contributed by atoms with Gasteiger partial charge in [0.25, 0.3) is 0 Å². The highest BCUT2D eigenvalue weighted by molar-refractivity contribution is 5.91. The van der Waals surface area contributed by atoms with Crippen molar-refractivity contribution in [2.45, 2.75) is 44.8 Å². The lowest BCUT2D eigenvalue weighted by atomic mass is 10.2. The Balaban J connectivity index is 1.53. The molecule has 0 bridgehead atoms. The number of hydrogen-bond acceptors (Lipinski definition) is 6. The molecule has 3 heterocycles. The van der Waals surface area contributed by atoms with Crippen LogP contribution in [-0.4, -0.2) is 61.0 Å². The summed E-state index contributed by atoms with van der Waals surface area (Å²) in [4.78, 5) is 14.4. The van der Waals surface area contributed by atoms with Crippen molar-refractivity contribution in [1.82, 2.24) is 10.1 Å². The fourth-order valence-electron chi connectivity index (χ4n) is 3.17. The van der Waals surface area contributed by atoms with Crippen molar-refractivity contribution < 1.29 is 18.8 Å². The van der Waals surface area contributed by atoms with Crippen molar-refractivity contribution in [2.24, 2.45) is 0 Å². The Labute approximate surface area is 136 Å². The lowest BCUT2D eigenvalue weighted by molar-refractivity contribution is -0.118. The van der Waals surface area contributed by atoms with Crippen LogP contribution in [0.15, 0.2) is 10.6 Å². The molecular formula is C16H25N3O4. The lowest BCUT2D eigenvalue weighted by Crippen LogP contribution is -2.42. The zero-order valence-electron chi connectivity index (χ0n) is 13.6. The molecule has 1 N–H and O–H groups in total. The summed E-state index contributed by atoms with van der Waals surface area (Å²) >= 11 is 0. The van der Waals surface area contributed by atoms with Gasteiger partial charge >= 0.3 is 0 Å². The van der Waals surface area contributed by atoms with E-state index >= 15 is 0 Å². The molecule has 2 saturated heterocycles. The minimum absolute atomic E-state index is 0.0886. The van der Waals surface area contributed by atoms with Crippen molar-refractivity contribution in [3.8, 4) is 0 Å². The summed E-state index contributed by atoms with van der Waals surface area (Å²) < 4.78 is 16.4. The molecule has 2 fully saturated rings. The summed E-state index contributed by atoms with van der Waals surface area (Å²) in [5.74, 6) is 1.05. The molecule has 1 aromatic rings. The van der Waals surface area contributed by atoms with E-state index in [4.69, 9.17) is 14.0 Å². The van der Waals surface area contributed by atoms with Crippen molar-refractivity contribution in [3.05, 3.63) is 11.8 Å². The summed E-state index contributed by atoms with van der Waals surface area (Å²) in [5, 5.41) is 6.57. The first-order chi connectivity index (χ1) is 11.2. The van der Waals surface area contributed by atoms with Crippen LogP contribution in [0.25, 0.3) is 0 Å². The number of nitrogens with zero attached hydrogens (tertiary/aromatic N) is 2. The molecule has 1 aromatic heterocycles. The van der Waals surface area contributed by atoms with Gasteiger partial charge in [0.1, 0.15) is 5.76 Å². The third-order valence-corrected chi connectivity index (χ3v) is 4.23. The molecule has 0 saturated carbocycles. The van der Waals surface area contributed by atoms with Gasteiger partial charge in [-0.15, -0.1) is 0 Å². The van der Waals surface area contributed by atoms with Crippen molar-refractivity contribution >= 4 is 11.7 Å². The molecule has 0 radical (unpaired) electrons. The van der Waals surface area contributed by atoms with Crippen LogP contribution in [0.3, 0.4) is 0 Å². The molecule has 0 unspecified atom stereocenters. The molecule has 128 valence electrons. The minimum atomic E-state index is -0.0886. The predicted octanol–water partition coefficient (Wildman–Crippen LogP) is 1.58. The van der Waals surface area contributed by atoms with Gasteiger partial charge in [-0.25, -0.2) is 0 Å².